The molecule has 0 aliphatic carbocycles. The van der Waals surface area contributed by atoms with Crippen LogP contribution in [0.15, 0.2) is 36.4 Å². The van der Waals surface area contributed by atoms with Gasteiger partial charge in [-0.3, -0.25) is 4.79 Å². The molecule has 0 radical (unpaired) electrons. The molecule has 1 aromatic heterocycles. The molecule has 3 heterocycles. The van der Waals surface area contributed by atoms with Gasteiger partial charge in [-0.05, 0) is 69.6 Å². The largest absolute Gasteiger partial charge is 0.482 e. The molecule has 0 bridgehead atoms. The van der Waals surface area contributed by atoms with Crippen LogP contribution in [0.2, 0.25) is 10.0 Å². The number of hydrogen-bond donors (Lipinski definition) is 2. The number of ether oxygens (including phenoxy) is 1. The first kappa shape index (κ1) is 23.7. The molecular formula is C26H25Cl2N5O2. The van der Waals surface area contributed by atoms with Gasteiger partial charge in [-0.15, -0.1) is 0 Å². The van der Waals surface area contributed by atoms with Crippen LogP contribution in [0.5, 0.6) is 5.75 Å². The van der Waals surface area contributed by atoms with Crippen molar-refractivity contribution in [1.82, 2.24) is 20.4 Å². The average Bonchev–Trinajstić information content (AvgIpc) is 3.04. The minimum absolute atomic E-state index is 0.0167. The third-order valence-electron chi connectivity index (χ3n) is 6.45. The van der Waals surface area contributed by atoms with Gasteiger partial charge in [-0.25, -0.2) is 4.68 Å². The van der Waals surface area contributed by atoms with Crippen molar-refractivity contribution >= 4 is 29.1 Å². The molecule has 3 aromatic rings. The van der Waals surface area contributed by atoms with E-state index in [4.69, 9.17) is 33.0 Å². The minimum Gasteiger partial charge on any atom is -0.482 e. The van der Waals surface area contributed by atoms with Crippen LogP contribution >= 0.6 is 23.2 Å². The molecule has 0 saturated carbocycles. The van der Waals surface area contributed by atoms with E-state index in [-0.39, 0.29) is 17.6 Å². The summed E-state index contributed by atoms with van der Waals surface area (Å²) in [4.78, 5) is 13.6. The van der Waals surface area contributed by atoms with Gasteiger partial charge in [0.15, 0.2) is 5.69 Å². The lowest BCUT2D eigenvalue weighted by molar-refractivity contribution is 0.0885. The van der Waals surface area contributed by atoms with Gasteiger partial charge < -0.3 is 15.4 Å². The second kappa shape index (κ2) is 9.19. The number of benzene rings is 2. The molecule has 35 heavy (non-hydrogen) atoms. The first-order valence-corrected chi connectivity index (χ1v) is 12.4. The number of rotatable bonds is 3. The summed E-state index contributed by atoms with van der Waals surface area (Å²) in [6.07, 6.45) is 3.05. The Morgan fingerprint density at radius 1 is 1.26 bits per heavy atom. The minimum atomic E-state index is -0.887. The second-order valence-electron chi connectivity index (χ2n) is 9.39. The maximum absolute atomic E-state index is 13.6. The topological polar surface area (TPSA) is 92.0 Å². The van der Waals surface area contributed by atoms with Gasteiger partial charge >= 0.3 is 0 Å². The quantitative estimate of drug-likeness (QED) is 0.505. The van der Waals surface area contributed by atoms with Gasteiger partial charge in [0, 0.05) is 23.2 Å². The van der Waals surface area contributed by atoms with Gasteiger partial charge in [-0.2, -0.15) is 10.4 Å². The molecule has 2 aromatic carbocycles. The van der Waals surface area contributed by atoms with E-state index in [0.29, 0.717) is 38.3 Å². The molecule has 2 aliphatic heterocycles. The molecule has 180 valence electrons. The molecular weight excluding hydrogens is 485 g/mol. The smallest absolute Gasteiger partial charge is 0.272 e. The van der Waals surface area contributed by atoms with E-state index in [1.54, 1.807) is 35.0 Å². The van der Waals surface area contributed by atoms with Crippen molar-refractivity contribution in [3.05, 3.63) is 63.3 Å². The average molecular weight is 510 g/mol. The number of hydrogen-bond acceptors (Lipinski definition) is 5. The number of halogens is 2. The monoisotopic (exact) mass is 509 g/mol. The van der Waals surface area contributed by atoms with Crippen molar-refractivity contribution in [3.63, 3.8) is 0 Å². The number of carbonyl (C=O) groups excluding carboxylic acids is 1. The summed E-state index contributed by atoms with van der Waals surface area (Å²) in [6.45, 7) is 5.46. The molecule has 2 aliphatic rings. The van der Waals surface area contributed by atoms with Crippen LogP contribution in [0.1, 0.15) is 54.7 Å². The number of nitrogens with zero attached hydrogens (tertiary/aromatic N) is 3. The fraction of sp³-hybridized carbons (Fsp3) is 0.346. The molecule has 1 unspecified atom stereocenters. The van der Waals surface area contributed by atoms with Crippen LogP contribution in [0.3, 0.4) is 0 Å². The summed E-state index contributed by atoms with van der Waals surface area (Å²) >= 11 is 12.7. The summed E-state index contributed by atoms with van der Waals surface area (Å²) in [5.41, 5.74) is 2.58. The molecule has 5 rings (SSSR count). The SMILES string of the molecule is CC1(C)Oc2cc(C#N)ccc2-c2c1c(C(=O)NC1CCCCNC1)nn2-c1ccc(Cl)cc1Cl. The maximum atomic E-state index is 13.6. The van der Waals surface area contributed by atoms with E-state index in [0.717, 1.165) is 37.9 Å². The van der Waals surface area contributed by atoms with Gasteiger partial charge in [-0.1, -0.05) is 29.6 Å². The van der Waals surface area contributed by atoms with Crippen LogP contribution in [0, 0.1) is 11.3 Å². The first-order chi connectivity index (χ1) is 16.8. The van der Waals surface area contributed by atoms with Gasteiger partial charge in [0.1, 0.15) is 11.4 Å². The zero-order valence-electron chi connectivity index (χ0n) is 19.5. The molecule has 2 N–H and O–H groups in total. The first-order valence-electron chi connectivity index (χ1n) is 11.6. The van der Waals surface area contributed by atoms with Crippen LogP contribution in [0.25, 0.3) is 16.9 Å². The van der Waals surface area contributed by atoms with E-state index < -0.39 is 5.60 Å². The molecule has 1 fully saturated rings. The zero-order valence-corrected chi connectivity index (χ0v) is 21.0. The highest BCUT2D eigenvalue weighted by molar-refractivity contribution is 6.35. The van der Waals surface area contributed by atoms with Crippen molar-refractivity contribution in [3.8, 4) is 28.8 Å². The Balaban J connectivity index is 1.70. The lowest BCUT2D eigenvalue weighted by atomic mass is 9.88. The van der Waals surface area contributed by atoms with Crippen molar-refractivity contribution in [1.29, 1.82) is 5.26 Å². The summed E-state index contributed by atoms with van der Waals surface area (Å²) < 4.78 is 8.02. The number of nitrogens with one attached hydrogen (secondary N) is 2. The Kier molecular flexibility index (Phi) is 6.22. The molecule has 1 saturated heterocycles. The Morgan fingerprint density at radius 3 is 2.86 bits per heavy atom. The molecule has 7 nitrogen and oxygen atoms in total. The summed E-state index contributed by atoms with van der Waals surface area (Å²) in [7, 11) is 0. The van der Waals surface area contributed by atoms with Crippen molar-refractivity contribution < 1.29 is 9.53 Å². The number of nitriles is 1. The Labute approximate surface area is 214 Å². The fourth-order valence-corrected chi connectivity index (χ4v) is 5.31. The Morgan fingerprint density at radius 2 is 2.09 bits per heavy atom. The number of fused-ring (bicyclic) bond motifs is 3. The van der Waals surface area contributed by atoms with Crippen molar-refractivity contribution in [2.24, 2.45) is 0 Å². The number of carbonyl (C=O) groups is 1. The van der Waals surface area contributed by atoms with E-state index in [9.17, 15) is 10.1 Å². The normalized spacial score (nSPS) is 18.4. The van der Waals surface area contributed by atoms with Crippen molar-refractivity contribution in [2.45, 2.75) is 44.8 Å². The lowest BCUT2D eigenvalue weighted by Crippen LogP contribution is -2.42. The van der Waals surface area contributed by atoms with Gasteiger partial charge in [0.2, 0.25) is 0 Å². The number of aromatic nitrogens is 2. The zero-order chi connectivity index (χ0) is 24.7. The van der Waals surface area contributed by atoms with Crippen LogP contribution in [0.4, 0.5) is 0 Å². The Hall–Kier alpha value is -3.05. The molecule has 0 spiro atoms. The second-order valence-corrected chi connectivity index (χ2v) is 10.2. The molecule has 1 amide bonds. The van der Waals surface area contributed by atoms with Gasteiger partial charge in [0.05, 0.1) is 33.6 Å². The summed E-state index contributed by atoms with van der Waals surface area (Å²) in [5.74, 6) is 0.292. The van der Waals surface area contributed by atoms with E-state index in [1.165, 1.54) is 0 Å². The van der Waals surface area contributed by atoms with Crippen LogP contribution in [-0.2, 0) is 5.60 Å². The highest BCUT2D eigenvalue weighted by Crippen LogP contribution is 2.48. The predicted octanol–water partition coefficient (Wildman–Crippen LogP) is 5.22. The third kappa shape index (κ3) is 4.38. The summed E-state index contributed by atoms with van der Waals surface area (Å²) in [6, 6.07) is 12.6. The predicted molar refractivity (Wildman–Crippen MR) is 135 cm³/mol. The standard InChI is InChI=1S/C26H25Cl2N5O2/c1-26(2)22-23(25(34)31-17-5-3-4-10-30-14-17)32-33(20-9-7-16(27)12-19(20)28)24(22)18-8-6-15(13-29)11-21(18)35-26/h6-9,11-12,17,30H,3-5,10,14H2,1-2H3,(H,31,34). The maximum Gasteiger partial charge on any atom is 0.272 e. The van der Waals surface area contributed by atoms with Gasteiger partial charge in [0.25, 0.3) is 5.91 Å². The Bertz CT molecular complexity index is 1350. The van der Waals surface area contributed by atoms with E-state index in [1.807, 2.05) is 19.9 Å². The highest BCUT2D eigenvalue weighted by Gasteiger charge is 2.41. The lowest BCUT2D eigenvalue weighted by Gasteiger charge is -2.33. The van der Waals surface area contributed by atoms with Crippen molar-refractivity contribution in [2.75, 3.05) is 13.1 Å². The van der Waals surface area contributed by atoms with Crippen LogP contribution in [-0.4, -0.2) is 34.8 Å². The highest BCUT2D eigenvalue weighted by atomic mass is 35.5. The fourth-order valence-electron chi connectivity index (χ4n) is 4.82. The van der Waals surface area contributed by atoms with Crippen LogP contribution < -0.4 is 15.4 Å². The van der Waals surface area contributed by atoms with E-state index >= 15 is 0 Å². The summed E-state index contributed by atoms with van der Waals surface area (Å²) in [5, 5.41) is 21.6. The number of amides is 1. The molecule has 9 heteroatoms. The van der Waals surface area contributed by atoms with E-state index in [2.05, 4.69) is 16.7 Å². The molecule has 1 atom stereocenters. The third-order valence-corrected chi connectivity index (χ3v) is 6.99.